The molecule has 0 spiro atoms. The van der Waals surface area contributed by atoms with Crippen molar-refractivity contribution < 1.29 is 14.6 Å². The lowest BCUT2D eigenvalue weighted by Crippen LogP contribution is -2.34. The summed E-state index contributed by atoms with van der Waals surface area (Å²) in [5.41, 5.74) is 1.35. The fourth-order valence-corrected chi connectivity index (χ4v) is 2.58. The minimum Gasteiger partial charge on any atom is -0.478 e. The van der Waals surface area contributed by atoms with E-state index >= 15 is 0 Å². The summed E-state index contributed by atoms with van der Waals surface area (Å²) in [5.74, 6) is -0.909. The van der Waals surface area contributed by atoms with Crippen LogP contribution in [-0.2, 0) is 11.3 Å². The average Bonchev–Trinajstić information content (AvgIpc) is 2.73. The van der Waals surface area contributed by atoms with E-state index in [0.29, 0.717) is 18.2 Å². The number of aromatic carboxylic acids is 1. The molecule has 0 bridgehead atoms. The first kappa shape index (κ1) is 13.5. The van der Waals surface area contributed by atoms with Gasteiger partial charge in [0, 0.05) is 23.7 Å². The third kappa shape index (κ3) is 3.10. The minimum absolute atomic E-state index is 0.238. The van der Waals surface area contributed by atoms with Crippen molar-refractivity contribution >= 4 is 21.9 Å². The van der Waals surface area contributed by atoms with Gasteiger partial charge in [-0.15, -0.1) is 0 Å². The van der Waals surface area contributed by atoms with E-state index in [-0.39, 0.29) is 6.10 Å². The number of nitrogens with one attached hydrogen (secondary N) is 1. The van der Waals surface area contributed by atoms with Crippen molar-refractivity contribution in [3.8, 4) is 0 Å². The summed E-state index contributed by atoms with van der Waals surface area (Å²) in [6.07, 6.45) is 1.26. The molecular weight excluding hydrogens is 298 g/mol. The Morgan fingerprint density at radius 2 is 2.39 bits per heavy atom. The molecule has 5 heteroatoms. The molecule has 2 N–H and O–H groups in total. The second kappa shape index (κ2) is 5.82. The summed E-state index contributed by atoms with van der Waals surface area (Å²) in [6.45, 7) is 3.57. The molecule has 98 valence electrons. The molecule has 1 heterocycles. The van der Waals surface area contributed by atoms with Crippen LogP contribution < -0.4 is 5.32 Å². The van der Waals surface area contributed by atoms with Gasteiger partial charge in [-0.2, -0.15) is 0 Å². The molecule has 1 aromatic rings. The van der Waals surface area contributed by atoms with Crippen LogP contribution in [0.2, 0.25) is 0 Å². The zero-order valence-electron chi connectivity index (χ0n) is 10.1. The maximum atomic E-state index is 10.8. The van der Waals surface area contributed by atoms with Crippen LogP contribution in [0.1, 0.15) is 29.3 Å². The lowest BCUT2D eigenvalue weighted by Gasteiger charge is -2.16. The average molecular weight is 314 g/mol. The fourth-order valence-electron chi connectivity index (χ4n) is 2.06. The van der Waals surface area contributed by atoms with Crippen LogP contribution in [-0.4, -0.2) is 29.8 Å². The monoisotopic (exact) mass is 313 g/mol. The van der Waals surface area contributed by atoms with Crippen molar-refractivity contribution in [2.24, 2.45) is 0 Å². The second-order valence-electron chi connectivity index (χ2n) is 4.46. The van der Waals surface area contributed by atoms with Crippen LogP contribution in [0.4, 0.5) is 0 Å². The zero-order chi connectivity index (χ0) is 13.1. The lowest BCUT2D eigenvalue weighted by atomic mass is 10.1. The highest BCUT2D eigenvalue weighted by atomic mass is 79.9. The quantitative estimate of drug-likeness (QED) is 0.896. The van der Waals surface area contributed by atoms with E-state index < -0.39 is 5.97 Å². The Bertz CT molecular complexity index is 450. The van der Waals surface area contributed by atoms with Crippen LogP contribution in [0.3, 0.4) is 0 Å². The van der Waals surface area contributed by atoms with E-state index in [2.05, 4.69) is 28.2 Å². The first-order chi connectivity index (χ1) is 8.58. The molecule has 18 heavy (non-hydrogen) atoms. The van der Waals surface area contributed by atoms with Crippen molar-refractivity contribution in [2.45, 2.75) is 32.0 Å². The zero-order valence-corrected chi connectivity index (χ0v) is 11.7. The summed E-state index contributed by atoms with van der Waals surface area (Å²) < 4.78 is 6.30. The van der Waals surface area contributed by atoms with E-state index in [1.54, 1.807) is 12.1 Å². The van der Waals surface area contributed by atoms with E-state index in [9.17, 15) is 4.79 Å². The Labute approximate surface area is 114 Å². The molecular formula is C13H16BrNO3. The molecule has 2 rings (SSSR count). The highest BCUT2D eigenvalue weighted by Crippen LogP contribution is 2.20. The molecule has 0 aliphatic carbocycles. The molecule has 0 radical (unpaired) electrons. The van der Waals surface area contributed by atoms with Gasteiger partial charge in [0.15, 0.2) is 0 Å². The van der Waals surface area contributed by atoms with Crippen molar-refractivity contribution in [3.05, 3.63) is 33.8 Å². The van der Waals surface area contributed by atoms with E-state index in [4.69, 9.17) is 9.84 Å². The smallest absolute Gasteiger partial charge is 0.335 e. The molecule has 2 atom stereocenters. The number of hydrogen-bond donors (Lipinski definition) is 2. The predicted octanol–water partition coefficient (Wildman–Crippen LogP) is 2.41. The molecule has 1 aromatic carbocycles. The Morgan fingerprint density at radius 1 is 1.61 bits per heavy atom. The lowest BCUT2D eigenvalue weighted by molar-refractivity contribution is 0.0697. The summed E-state index contributed by atoms with van der Waals surface area (Å²) in [4.78, 5) is 10.8. The van der Waals surface area contributed by atoms with Crippen molar-refractivity contribution in [3.63, 3.8) is 0 Å². The minimum atomic E-state index is -0.909. The van der Waals surface area contributed by atoms with Gasteiger partial charge in [0.2, 0.25) is 0 Å². The van der Waals surface area contributed by atoms with Crippen LogP contribution in [0.5, 0.6) is 0 Å². The molecule has 1 saturated heterocycles. The third-order valence-corrected chi connectivity index (χ3v) is 3.97. The van der Waals surface area contributed by atoms with E-state index in [0.717, 1.165) is 23.1 Å². The van der Waals surface area contributed by atoms with Gasteiger partial charge in [0.25, 0.3) is 0 Å². The van der Waals surface area contributed by atoms with Gasteiger partial charge in [-0.1, -0.05) is 22.0 Å². The summed E-state index contributed by atoms with van der Waals surface area (Å²) in [7, 11) is 0. The highest BCUT2D eigenvalue weighted by Gasteiger charge is 2.23. The molecule has 1 fully saturated rings. The number of ether oxygens (including phenoxy) is 1. The Balaban J connectivity index is 1.99. The topological polar surface area (TPSA) is 58.6 Å². The number of carboxylic acids is 1. The van der Waals surface area contributed by atoms with Gasteiger partial charge in [-0.25, -0.2) is 4.79 Å². The highest BCUT2D eigenvalue weighted by molar-refractivity contribution is 9.10. The number of hydrogen-bond acceptors (Lipinski definition) is 3. The molecule has 2 unspecified atom stereocenters. The first-order valence-electron chi connectivity index (χ1n) is 5.94. The number of carbonyl (C=O) groups is 1. The number of rotatable bonds is 4. The van der Waals surface area contributed by atoms with Crippen LogP contribution in [0, 0.1) is 0 Å². The summed E-state index contributed by atoms with van der Waals surface area (Å²) in [6, 6.07) is 5.46. The summed E-state index contributed by atoms with van der Waals surface area (Å²) in [5, 5.41) is 12.3. The predicted molar refractivity (Wildman–Crippen MR) is 71.8 cm³/mol. The third-order valence-electron chi connectivity index (χ3n) is 3.23. The largest absolute Gasteiger partial charge is 0.478 e. The van der Waals surface area contributed by atoms with Crippen molar-refractivity contribution in [1.29, 1.82) is 0 Å². The van der Waals surface area contributed by atoms with Gasteiger partial charge in [0.1, 0.15) is 0 Å². The Kier molecular flexibility index (Phi) is 4.37. The normalized spacial score (nSPS) is 23.2. The van der Waals surface area contributed by atoms with Gasteiger partial charge in [0.05, 0.1) is 11.7 Å². The number of carboxylic acid groups (broad SMARTS) is 1. The molecule has 0 saturated carbocycles. The summed E-state index contributed by atoms with van der Waals surface area (Å²) >= 11 is 3.41. The molecule has 1 aliphatic heterocycles. The Morgan fingerprint density at radius 3 is 2.94 bits per heavy atom. The SMILES string of the molecule is CC1OCCC1NCc1ccc(C(=O)O)cc1Br. The molecule has 1 aliphatic rings. The molecule has 0 amide bonds. The maximum absolute atomic E-state index is 10.8. The van der Waals surface area contributed by atoms with E-state index in [1.807, 2.05) is 6.07 Å². The Hall–Kier alpha value is -0.910. The standard InChI is InChI=1S/C13H16BrNO3/c1-8-12(4-5-18-8)15-7-10-3-2-9(13(16)17)6-11(10)14/h2-3,6,8,12,15H,4-5,7H2,1H3,(H,16,17). The van der Waals surface area contributed by atoms with Crippen LogP contribution >= 0.6 is 15.9 Å². The first-order valence-corrected chi connectivity index (χ1v) is 6.74. The fraction of sp³-hybridized carbons (Fsp3) is 0.462. The molecule has 4 nitrogen and oxygen atoms in total. The van der Waals surface area contributed by atoms with Gasteiger partial charge in [-0.3, -0.25) is 0 Å². The van der Waals surface area contributed by atoms with Crippen molar-refractivity contribution in [1.82, 2.24) is 5.32 Å². The maximum Gasteiger partial charge on any atom is 0.335 e. The number of benzene rings is 1. The van der Waals surface area contributed by atoms with Crippen LogP contribution in [0.15, 0.2) is 22.7 Å². The van der Waals surface area contributed by atoms with Gasteiger partial charge < -0.3 is 15.2 Å². The molecule has 0 aromatic heterocycles. The second-order valence-corrected chi connectivity index (χ2v) is 5.32. The van der Waals surface area contributed by atoms with Gasteiger partial charge in [-0.05, 0) is 31.0 Å². The van der Waals surface area contributed by atoms with Crippen LogP contribution in [0.25, 0.3) is 0 Å². The van der Waals surface area contributed by atoms with E-state index in [1.165, 1.54) is 0 Å². The van der Waals surface area contributed by atoms with Gasteiger partial charge >= 0.3 is 5.97 Å². The van der Waals surface area contributed by atoms with Crippen molar-refractivity contribution in [2.75, 3.05) is 6.61 Å². The number of halogens is 1.